The first-order valence-electron chi connectivity index (χ1n) is 14.7. The lowest BCUT2D eigenvalue weighted by atomic mass is 10.0. The number of nitrogens with zero attached hydrogens (tertiary/aromatic N) is 2. The third-order valence-electron chi connectivity index (χ3n) is 6.84. The highest BCUT2D eigenvalue weighted by Gasteiger charge is 2.20. The van der Waals surface area contributed by atoms with Crippen LogP contribution in [0.25, 0.3) is 11.1 Å². The van der Waals surface area contributed by atoms with Gasteiger partial charge in [-0.25, -0.2) is 9.78 Å². The molecule has 2 aromatic carbocycles. The Labute approximate surface area is 268 Å². The second kappa shape index (κ2) is 16.3. The largest absolute Gasteiger partial charge is 0.493 e. The van der Waals surface area contributed by atoms with Crippen LogP contribution in [0.5, 0.6) is 11.5 Å². The Morgan fingerprint density at radius 2 is 1.68 bits per heavy atom. The number of carbonyl (C=O) groups excluding carboxylic acids is 1. The van der Waals surface area contributed by atoms with Crippen LogP contribution >= 0.6 is 23.5 Å². The number of benzene rings is 2. The summed E-state index contributed by atoms with van der Waals surface area (Å²) in [5, 5.41) is 6.56. The Hall–Kier alpha value is -3.89. The first kappa shape index (κ1) is 33.0. The van der Waals surface area contributed by atoms with Gasteiger partial charge in [-0.2, -0.15) is 0 Å². The zero-order valence-corrected chi connectivity index (χ0v) is 27.6. The monoisotopic (exact) mass is 632 g/mol. The standard InChI is InChI=1S/C34H40N4O4S2/c1-6-8-17-38-18-16-27(26-15-14-25(21-28(26)41-19-7-2)42-22-24-12-10-9-11-13-24)30(33(38)39)36-34(40)37-31-29(43-4)20-23(3)35-32(31)44-5/h9-16,18,20-21H,6-8,17,19,22H2,1-5H3,(H2,36,37,40). The molecule has 4 aromatic rings. The molecule has 8 nitrogen and oxygen atoms in total. The van der Waals surface area contributed by atoms with Gasteiger partial charge < -0.3 is 24.7 Å². The molecule has 0 unspecified atom stereocenters. The van der Waals surface area contributed by atoms with E-state index < -0.39 is 6.03 Å². The first-order chi connectivity index (χ1) is 21.4. The molecule has 2 amide bonds. The number of aromatic nitrogens is 2. The summed E-state index contributed by atoms with van der Waals surface area (Å²) in [6.07, 6.45) is 8.23. The molecular formula is C34H40N4O4S2. The van der Waals surface area contributed by atoms with Gasteiger partial charge in [0.05, 0.1) is 12.3 Å². The molecule has 0 fully saturated rings. The molecule has 2 heterocycles. The van der Waals surface area contributed by atoms with E-state index in [1.54, 1.807) is 10.8 Å². The molecule has 2 N–H and O–H groups in total. The molecule has 0 atom stereocenters. The van der Waals surface area contributed by atoms with Gasteiger partial charge in [-0.05, 0) is 62.1 Å². The molecular weight excluding hydrogens is 593 g/mol. The van der Waals surface area contributed by atoms with Gasteiger partial charge in [-0.1, -0.05) is 50.6 Å². The molecule has 0 aliphatic carbocycles. The number of hydrogen-bond acceptors (Lipinski definition) is 7. The number of aryl methyl sites for hydroxylation is 2. The summed E-state index contributed by atoms with van der Waals surface area (Å²) < 4.78 is 13.9. The topological polar surface area (TPSA) is 94.5 Å². The minimum Gasteiger partial charge on any atom is -0.493 e. The second-order valence-corrected chi connectivity index (χ2v) is 11.8. The van der Waals surface area contributed by atoms with Crippen molar-refractivity contribution < 1.29 is 14.3 Å². The number of unbranched alkanes of at least 4 members (excludes halogenated alkanes) is 1. The SMILES string of the molecule is CCCCn1ccc(-c2ccc(OCc3ccccc3)cc2OCCC)c(NC(=O)Nc2c(SC)cc(C)nc2SC)c1=O. The number of nitrogens with one attached hydrogen (secondary N) is 2. The highest BCUT2D eigenvalue weighted by Crippen LogP contribution is 2.38. The van der Waals surface area contributed by atoms with Crippen molar-refractivity contribution in [3.63, 3.8) is 0 Å². The zero-order valence-electron chi connectivity index (χ0n) is 25.9. The molecule has 44 heavy (non-hydrogen) atoms. The van der Waals surface area contributed by atoms with Crippen molar-refractivity contribution in [1.82, 2.24) is 9.55 Å². The highest BCUT2D eigenvalue weighted by molar-refractivity contribution is 7.99. The number of amides is 2. The number of anilines is 2. The van der Waals surface area contributed by atoms with Crippen molar-refractivity contribution >= 4 is 40.9 Å². The maximum absolute atomic E-state index is 13.8. The van der Waals surface area contributed by atoms with Crippen LogP contribution in [-0.2, 0) is 13.2 Å². The predicted molar refractivity (Wildman–Crippen MR) is 183 cm³/mol. The number of ether oxygens (including phenoxy) is 2. The maximum atomic E-state index is 13.8. The van der Waals surface area contributed by atoms with Crippen molar-refractivity contribution in [3.8, 4) is 22.6 Å². The number of carbonyl (C=O) groups is 1. The number of hydrogen-bond donors (Lipinski definition) is 2. The average molecular weight is 633 g/mol. The van der Waals surface area contributed by atoms with Gasteiger partial charge in [0, 0.05) is 40.5 Å². The summed E-state index contributed by atoms with van der Waals surface area (Å²) >= 11 is 2.98. The molecule has 0 saturated heterocycles. The third kappa shape index (κ3) is 8.39. The van der Waals surface area contributed by atoms with Crippen LogP contribution in [-0.4, -0.2) is 34.7 Å². The van der Waals surface area contributed by atoms with Crippen molar-refractivity contribution in [3.05, 3.63) is 88.5 Å². The molecule has 0 saturated carbocycles. The van der Waals surface area contributed by atoms with E-state index in [9.17, 15) is 9.59 Å². The van der Waals surface area contributed by atoms with E-state index in [1.807, 2.05) is 87.0 Å². The summed E-state index contributed by atoms with van der Waals surface area (Å²) in [6.45, 7) is 7.49. The van der Waals surface area contributed by atoms with Crippen LogP contribution in [0.2, 0.25) is 0 Å². The number of thioether (sulfide) groups is 2. The molecule has 0 aliphatic heterocycles. The minimum atomic E-state index is -0.522. The number of urea groups is 1. The smallest absolute Gasteiger partial charge is 0.323 e. The third-order valence-corrected chi connectivity index (χ3v) is 8.28. The van der Waals surface area contributed by atoms with Crippen molar-refractivity contribution in [2.24, 2.45) is 0 Å². The fraction of sp³-hybridized carbons (Fsp3) is 0.324. The molecule has 4 rings (SSSR count). The van der Waals surface area contributed by atoms with E-state index in [0.717, 1.165) is 35.4 Å². The van der Waals surface area contributed by atoms with Gasteiger partial charge in [0.15, 0.2) is 0 Å². The Balaban J connectivity index is 1.72. The molecule has 0 aliphatic rings. The van der Waals surface area contributed by atoms with Crippen LogP contribution < -0.4 is 25.7 Å². The van der Waals surface area contributed by atoms with Crippen molar-refractivity contribution in [2.75, 3.05) is 29.8 Å². The van der Waals surface area contributed by atoms with Gasteiger partial charge in [0.1, 0.15) is 28.8 Å². The lowest BCUT2D eigenvalue weighted by Crippen LogP contribution is -2.29. The normalized spacial score (nSPS) is 10.8. The van der Waals surface area contributed by atoms with E-state index in [4.69, 9.17) is 9.47 Å². The molecule has 2 aromatic heterocycles. The molecule has 0 radical (unpaired) electrons. The van der Waals surface area contributed by atoms with Crippen molar-refractivity contribution in [1.29, 1.82) is 0 Å². The summed E-state index contributed by atoms with van der Waals surface area (Å²) in [5.74, 6) is 1.22. The van der Waals surface area contributed by atoms with Crippen LogP contribution in [0.1, 0.15) is 44.4 Å². The Bertz CT molecular complexity index is 1600. The van der Waals surface area contributed by atoms with Crippen LogP contribution in [0.15, 0.2) is 81.6 Å². The van der Waals surface area contributed by atoms with E-state index in [-0.39, 0.29) is 11.2 Å². The fourth-order valence-corrected chi connectivity index (χ4v) is 5.91. The van der Waals surface area contributed by atoms with Gasteiger partial charge in [-0.3, -0.25) is 4.79 Å². The summed E-state index contributed by atoms with van der Waals surface area (Å²) in [7, 11) is 0. The molecule has 0 bridgehead atoms. The van der Waals surface area contributed by atoms with Gasteiger partial charge >= 0.3 is 6.03 Å². The Kier molecular flexibility index (Phi) is 12.2. The predicted octanol–water partition coefficient (Wildman–Crippen LogP) is 8.47. The first-order valence-corrected chi connectivity index (χ1v) is 17.2. The van der Waals surface area contributed by atoms with Gasteiger partial charge in [-0.15, -0.1) is 23.5 Å². The molecule has 0 spiro atoms. The van der Waals surface area contributed by atoms with Crippen molar-refractivity contribution in [2.45, 2.75) is 63.1 Å². The number of rotatable bonds is 14. The minimum absolute atomic E-state index is 0.178. The van der Waals surface area contributed by atoms with E-state index in [0.29, 0.717) is 53.1 Å². The van der Waals surface area contributed by atoms with Gasteiger partial charge in [0.2, 0.25) is 0 Å². The van der Waals surface area contributed by atoms with Crippen LogP contribution in [0.3, 0.4) is 0 Å². The molecule has 10 heteroatoms. The van der Waals surface area contributed by atoms with E-state index in [2.05, 4.69) is 22.5 Å². The highest BCUT2D eigenvalue weighted by atomic mass is 32.2. The summed E-state index contributed by atoms with van der Waals surface area (Å²) in [4.78, 5) is 32.8. The average Bonchev–Trinajstić information content (AvgIpc) is 3.04. The van der Waals surface area contributed by atoms with Crippen LogP contribution in [0.4, 0.5) is 16.2 Å². The Morgan fingerprint density at radius 1 is 0.909 bits per heavy atom. The lowest BCUT2D eigenvalue weighted by Gasteiger charge is -2.19. The second-order valence-electron chi connectivity index (χ2n) is 10.2. The maximum Gasteiger partial charge on any atom is 0.323 e. The lowest BCUT2D eigenvalue weighted by molar-refractivity contribution is 0.262. The summed E-state index contributed by atoms with van der Waals surface area (Å²) in [5.41, 5.74) is 3.68. The van der Waals surface area contributed by atoms with E-state index in [1.165, 1.54) is 23.5 Å². The number of pyridine rings is 2. The van der Waals surface area contributed by atoms with Crippen LogP contribution in [0, 0.1) is 6.92 Å². The fourth-order valence-electron chi connectivity index (χ4n) is 4.61. The Morgan fingerprint density at radius 3 is 2.39 bits per heavy atom. The quantitative estimate of drug-likeness (QED) is 0.135. The van der Waals surface area contributed by atoms with E-state index >= 15 is 0 Å². The summed E-state index contributed by atoms with van der Waals surface area (Å²) in [6, 6.07) is 18.8. The zero-order chi connectivity index (χ0) is 31.5. The molecule has 232 valence electrons. The van der Waals surface area contributed by atoms with Gasteiger partial charge in [0.25, 0.3) is 5.56 Å².